The fraction of sp³-hybridized carbons (Fsp3) is 1.00. The highest BCUT2D eigenvalue weighted by Gasteiger charge is 2.42. The van der Waals surface area contributed by atoms with E-state index in [2.05, 4.69) is 9.05 Å². The summed E-state index contributed by atoms with van der Waals surface area (Å²) in [6.07, 6.45) is 0. The molecular weight excluding hydrogens is 187 g/mol. The Morgan fingerprint density at radius 2 is 1.75 bits per heavy atom. The minimum atomic E-state index is -3.85. The van der Waals surface area contributed by atoms with Gasteiger partial charge < -0.3 is 14.4 Å². The Bertz CT molecular complexity index is 186. The van der Waals surface area contributed by atoms with Crippen LogP contribution in [0.4, 0.5) is 0 Å². The Balaban J connectivity index is 2.59. The first-order valence-electron chi connectivity index (χ1n) is 3.26. The quantitative estimate of drug-likeness (QED) is 0.501. The highest BCUT2D eigenvalue weighted by atomic mass is 31.2. The fourth-order valence-corrected chi connectivity index (χ4v) is 1.55. The Morgan fingerprint density at radius 3 is 2.08 bits per heavy atom. The molecule has 1 N–H and O–H groups in total. The van der Waals surface area contributed by atoms with Gasteiger partial charge in [-0.05, 0) is 0 Å². The van der Waals surface area contributed by atoms with E-state index in [0.29, 0.717) is 0 Å². The molecule has 12 heavy (non-hydrogen) atoms. The van der Waals surface area contributed by atoms with Crippen molar-refractivity contribution < 1.29 is 28.0 Å². The number of ether oxygens (including phenoxy) is 2. The number of rotatable bonds is 2. The van der Waals surface area contributed by atoms with Gasteiger partial charge in [-0.25, -0.2) is 4.57 Å². The molecule has 1 saturated heterocycles. The van der Waals surface area contributed by atoms with Crippen LogP contribution in [-0.4, -0.2) is 38.1 Å². The molecule has 0 aromatic heterocycles. The first-order chi connectivity index (χ1) is 5.54. The Labute approximate surface area is 70.0 Å². The van der Waals surface area contributed by atoms with Crippen molar-refractivity contribution in [3.05, 3.63) is 0 Å². The topological polar surface area (TPSA) is 74.2 Å². The zero-order valence-electron chi connectivity index (χ0n) is 6.85. The van der Waals surface area contributed by atoms with E-state index in [0.717, 1.165) is 0 Å². The summed E-state index contributed by atoms with van der Waals surface area (Å²) in [5.74, 6) is -1.06. The van der Waals surface area contributed by atoms with Crippen molar-refractivity contribution in [2.45, 2.75) is 5.79 Å². The molecule has 0 aromatic carbocycles. The minimum absolute atomic E-state index is 0.117. The van der Waals surface area contributed by atoms with Crippen molar-refractivity contribution in [2.75, 3.05) is 27.4 Å². The van der Waals surface area contributed by atoms with Crippen LogP contribution in [0.25, 0.3) is 0 Å². The number of phosphoric ester groups is 1. The molecule has 1 rings (SSSR count). The summed E-state index contributed by atoms with van der Waals surface area (Å²) < 4.78 is 29.6. The minimum Gasteiger partial charge on any atom is -0.349 e. The van der Waals surface area contributed by atoms with Gasteiger partial charge in [0.15, 0.2) is 0 Å². The normalized spacial score (nSPS) is 26.9. The van der Waals surface area contributed by atoms with Crippen molar-refractivity contribution in [3.8, 4) is 0 Å². The molecule has 0 aromatic rings. The third-order valence-electron chi connectivity index (χ3n) is 1.64. The van der Waals surface area contributed by atoms with Gasteiger partial charge in [0.1, 0.15) is 13.2 Å². The number of methoxy groups -OCH3 is 2. The molecule has 0 spiro atoms. The SMILES string of the molecule is COC1(OC)COP(=O)(O)OC1. The highest BCUT2D eigenvalue weighted by molar-refractivity contribution is 7.47. The van der Waals surface area contributed by atoms with E-state index < -0.39 is 13.6 Å². The van der Waals surface area contributed by atoms with Crippen LogP contribution >= 0.6 is 7.82 Å². The zero-order chi connectivity index (χ0) is 9.24. The van der Waals surface area contributed by atoms with Gasteiger partial charge in [0.05, 0.1) is 0 Å². The Kier molecular flexibility index (Phi) is 2.88. The highest BCUT2D eigenvalue weighted by Crippen LogP contribution is 2.48. The lowest BCUT2D eigenvalue weighted by molar-refractivity contribution is -0.254. The van der Waals surface area contributed by atoms with Crippen molar-refractivity contribution in [1.82, 2.24) is 0 Å². The molecule has 0 unspecified atom stereocenters. The maximum absolute atomic E-state index is 10.8. The lowest BCUT2D eigenvalue weighted by Crippen LogP contribution is -2.45. The van der Waals surface area contributed by atoms with Crippen molar-refractivity contribution in [1.29, 1.82) is 0 Å². The van der Waals surface area contributed by atoms with Gasteiger partial charge in [-0.1, -0.05) is 0 Å². The molecule has 1 aliphatic rings. The van der Waals surface area contributed by atoms with Crippen LogP contribution < -0.4 is 0 Å². The van der Waals surface area contributed by atoms with Crippen LogP contribution in [0.1, 0.15) is 0 Å². The summed E-state index contributed by atoms with van der Waals surface area (Å²) >= 11 is 0. The second kappa shape index (κ2) is 3.41. The van der Waals surface area contributed by atoms with Crippen LogP contribution in [0.2, 0.25) is 0 Å². The van der Waals surface area contributed by atoms with E-state index in [1.807, 2.05) is 0 Å². The van der Waals surface area contributed by atoms with E-state index in [-0.39, 0.29) is 13.2 Å². The largest absolute Gasteiger partial charge is 0.472 e. The van der Waals surface area contributed by atoms with E-state index in [1.165, 1.54) is 14.2 Å². The van der Waals surface area contributed by atoms with E-state index >= 15 is 0 Å². The third kappa shape index (κ3) is 2.04. The van der Waals surface area contributed by atoms with Gasteiger partial charge >= 0.3 is 7.82 Å². The average molecular weight is 198 g/mol. The molecule has 0 amide bonds. The molecule has 0 saturated carbocycles. The number of hydrogen-bond acceptors (Lipinski definition) is 5. The molecule has 1 fully saturated rings. The van der Waals surface area contributed by atoms with Crippen molar-refractivity contribution >= 4 is 7.82 Å². The molecule has 1 aliphatic heterocycles. The number of hydrogen-bond donors (Lipinski definition) is 1. The molecule has 0 aliphatic carbocycles. The third-order valence-corrected chi connectivity index (χ3v) is 2.55. The molecular formula is C5H11O6P. The summed E-state index contributed by atoms with van der Waals surface area (Å²) in [5.41, 5.74) is 0. The summed E-state index contributed by atoms with van der Waals surface area (Å²) in [6.45, 7) is -0.235. The Hall–Kier alpha value is 0.0300. The standard InChI is InChI=1S/C5H11O6P/c1-8-5(9-2)3-10-12(6,7)11-4-5/h3-4H2,1-2H3,(H,6,7). The smallest absolute Gasteiger partial charge is 0.349 e. The summed E-state index contributed by atoms with van der Waals surface area (Å²) in [4.78, 5) is 8.80. The van der Waals surface area contributed by atoms with E-state index in [4.69, 9.17) is 14.4 Å². The summed E-state index contributed by atoms with van der Waals surface area (Å²) in [5, 5.41) is 0. The predicted octanol–water partition coefficient (Wildman–Crippen LogP) is 0.123. The maximum Gasteiger partial charge on any atom is 0.472 e. The summed E-state index contributed by atoms with van der Waals surface area (Å²) in [6, 6.07) is 0. The lowest BCUT2D eigenvalue weighted by Gasteiger charge is -2.34. The van der Waals surface area contributed by atoms with E-state index in [9.17, 15) is 4.57 Å². The molecule has 6 nitrogen and oxygen atoms in total. The van der Waals surface area contributed by atoms with Gasteiger partial charge in [0.2, 0.25) is 5.79 Å². The zero-order valence-corrected chi connectivity index (χ0v) is 7.74. The second-order valence-electron chi connectivity index (χ2n) is 2.33. The van der Waals surface area contributed by atoms with Gasteiger partial charge in [-0.15, -0.1) is 0 Å². The average Bonchev–Trinajstić information content (AvgIpc) is 2.06. The van der Waals surface area contributed by atoms with E-state index in [1.54, 1.807) is 0 Å². The van der Waals surface area contributed by atoms with Gasteiger partial charge in [-0.3, -0.25) is 9.05 Å². The molecule has 1 heterocycles. The molecule has 0 radical (unpaired) electrons. The molecule has 7 heteroatoms. The van der Waals surface area contributed by atoms with Gasteiger partial charge in [0, 0.05) is 14.2 Å². The van der Waals surface area contributed by atoms with Crippen LogP contribution in [0.5, 0.6) is 0 Å². The maximum atomic E-state index is 10.8. The fourth-order valence-electron chi connectivity index (χ4n) is 0.758. The molecule has 72 valence electrons. The molecule has 0 bridgehead atoms. The number of phosphoric acid groups is 1. The van der Waals surface area contributed by atoms with Crippen LogP contribution in [0.3, 0.4) is 0 Å². The monoisotopic (exact) mass is 198 g/mol. The first-order valence-corrected chi connectivity index (χ1v) is 4.75. The van der Waals surface area contributed by atoms with Crippen molar-refractivity contribution in [2.24, 2.45) is 0 Å². The Morgan fingerprint density at radius 1 is 1.33 bits per heavy atom. The van der Waals surface area contributed by atoms with Gasteiger partial charge in [0.25, 0.3) is 0 Å². The van der Waals surface area contributed by atoms with Gasteiger partial charge in [-0.2, -0.15) is 0 Å². The predicted molar refractivity (Wildman–Crippen MR) is 38.5 cm³/mol. The van der Waals surface area contributed by atoms with Crippen LogP contribution in [0.15, 0.2) is 0 Å². The van der Waals surface area contributed by atoms with Crippen LogP contribution in [0, 0.1) is 0 Å². The van der Waals surface area contributed by atoms with Crippen molar-refractivity contribution in [3.63, 3.8) is 0 Å². The second-order valence-corrected chi connectivity index (χ2v) is 3.79. The lowest BCUT2D eigenvalue weighted by atomic mass is 10.3. The molecule has 0 atom stereocenters. The first kappa shape index (κ1) is 10.1. The van der Waals surface area contributed by atoms with Crippen LogP contribution in [-0.2, 0) is 23.1 Å². The summed E-state index contributed by atoms with van der Waals surface area (Å²) in [7, 11) is -1.04.